The molecule has 2 aromatic rings. The quantitative estimate of drug-likeness (QED) is 0.747. The number of carboxylic acids is 1. The maximum Gasteiger partial charge on any atom is 0.337 e. The van der Waals surface area contributed by atoms with Crippen LogP contribution in [-0.2, 0) is 12.8 Å². The minimum atomic E-state index is -0.964. The Morgan fingerprint density at radius 1 is 1.10 bits per heavy atom. The van der Waals surface area contributed by atoms with Crippen LogP contribution in [0.2, 0.25) is 0 Å². The Labute approximate surface area is 117 Å². The van der Waals surface area contributed by atoms with Crippen LogP contribution in [0.1, 0.15) is 27.9 Å². The molecular formula is C16H16N2O2. The smallest absolute Gasteiger partial charge is 0.337 e. The molecule has 0 spiro atoms. The standard InChI is InChI=1S/C16H16N2O2/c17-12-5-7-14(16(19)20)15(9-12)18-13-6-4-10-2-1-3-11(10)8-13/h4-9,18H,1-3,17H2,(H,19,20). The number of anilines is 3. The number of hydrogen-bond donors (Lipinski definition) is 3. The van der Waals surface area contributed by atoms with Crippen molar-refractivity contribution in [1.29, 1.82) is 0 Å². The predicted octanol–water partition coefficient (Wildman–Crippen LogP) is 3.20. The molecule has 1 aliphatic rings. The van der Waals surface area contributed by atoms with E-state index in [9.17, 15) is 9.90 Å². The largest absolute Gasteiger partial charge is 0.478 e. The van der Waals surface area contributed by atoms with Gasteiger partial charge in [0.2, 0.25) is 0 Å². The van der Waals surface area contributed by atoms with E-state index in [0.29, 0.717) is 11.4 Å². The Kier molecular flexibility index (Phi) is 3.06. The van der Waals surface area contributed by atoms with E-state index in [1.807, 2.05) is 6.07 Å². The summed E-state index contributed by atoms with van der Waals surface area (Å²) in [5.74, 6) is -0.964. The van der Waals surface area contributed by atoms with E-state index in [1.54, 1.807) is 12.1 Å². The molecule has 4 heteroatoms. The van der Waals surface area contributed by atoms with Crippen LogP contribution >= 0.6 is 0 Å². The molecule has 1 aliphatic carbocycles. The molecule has 0 unspecified atom stereocenters. The first kappa shape index (κ1) is 12.5. The first-order valence-corrected chi connectivity index (χ1v) is 6.65. The third-order valence-electron chi connectivity index (χ3n) is 3.65. The highest BCUT2D eigenvalue weighted by Gasteiger charge is 2.13. The van der Waals surface area contributed by atoms with Gasteiger partial charge >= 0.3 is 5.97 Å². The molecule has 0 saturated carbocycles. The summed E-state index contributed by atoms with van der Waals surface area (Å²) < 4.78 is 0. The van der Waals surface area contributed by atoms with Gasteiger partial charge in [-0.3, -0.25) is 0 Å². The summed E-state index contributed by atoms with van der Waals surface area (Å²) in [7, 11) is 0. The lowest BCUT2D eigenvalue weighted by Gasteiger charge is -2.12. The van der Waals surface area contributed by atoms with Crippen LogP contribution in [0.3, 0.4) is 0 Å². The van der Waals surface area contributed by atoms with Crippen molar-refractivity contribution in [1.82, 2.24) is 0 Å². The van der Waals surface area contributed by atoms with Crippen LogP contribution in [0.5, 0.6) is 0 Å². The summed E-state index contributed by atoms with van der Waals surface area (Å²) in [4.78, 5) is 11.2. The van der Waals surface area contributed by atoms with Gasteiger partial charge in [-0.2, -0.15) is 0 Å². The molecule has 102 valence electrons. The predicted molar refractivity (Wildman–Crippen MR) is 79.6 cm³/mol. The third-order valence-corrected chi connectivity index (χ3v) is 3.65. The fourth-order valence-corrected chi connectivity index (χ4v) is 2.66. The van der Waals surface area contributed by atoms with Gasteiger partial charge in [0.1, 0.15) is 0 Å². The number of benzene rings is 2. The van der Waals surface area contributed by atoms with Crippen molar-refractivity contribution in [2.75, 3.05) is 11.1 Å². The van der Waals surface area contributed by atoms with Gasteiger partial charge < -0.3 is 16.2 Å². The van der Waals surface area contributed by atoms with Crippen LogP contribution in [0.25, 0.3) is 0 Å². The Bertz CT molecular complexity index is 680. The second kappa shape index (κ2) is 4.89. The summed E-state index contributed by atoms with van der Waals surface area (Å²) >= 11 is 0. The summed E-state index contributed by atoms with van der Waals surface area (Å²) in [5.41, 5.74) is 10.7. The van der Waals surface area contributed by atoms with Crippen LogP contribution in [0.4, 0.5) is 17.1 Å². The molecule has 0 amide bonds. The fraction of sp³-hybridized carbons (Fsp3) is 0.188. The van der Waals surface area contributed by atoms with Crippen molar-refractivity contribution in [3.05, 3.63) is 53.1 Å². The van der Waals surface area contributed by atoms with Gasteiger partial charge in [0.15, 0.2) is 0 Å². The monoisotopic (exact) mass is 268 g/mol. The summed E-state index contributed by atoms with van der Waals surface area (Å²) in [5, 5.41) is 12.4. The molecule has 0 saturated heterocycles. The van der Waals surface area contributed by atoms with Crippen molar-refractivity contribution in [3.8, 4) is 0 Å². The maximum atomic E-state index is 11.2. The zero-order valence-corrected chi connectivity index (χ0v) is 11.0. The van der Waals surface area contributed by atoms with Crippen molar-refractivity contribution >= 4 is 23.0 Å². The Balaban J connectivity index is 1.95. The number of nitrogens with two attached hydrogens (primary N) is 1. The minimum absolute atomic E-state index is 0.222. The van der Waals surface area contributed by atoms with Gasteiger partial charge in [-0.15, -0.1) is 0 Å². The third kappa shape index (κ3) is 2.32. The number of hydrogen-bond acceptors (Lipinski definition) is 3. The first-order chi connectivity index (χ1) is 9.63. The second-order valence-electron chi connectivity index (χ2n) is 5.07. The zero-order chi connectivity index (χ0) is 14.1. The lowest BCUT2D eigenvalue weighted by atomic mass is 10.1. The lowest BCUT2D eigenvalue weighted by Crippen LogP contribution is -2.04. The minimum Gasteiger partial charge on any atom is -0.478 e. The summed E-state index contributed by atoms with van der Waals surface area (Å²) in [6.45, 7) is 0. The fourth-order valence-electron chi connectivity index (χ4n) is 2.66. The van der Waals surface area contributed by atoms with Crippen LogP contribution in [0.15, 0.2) is 36.4 Å². The molecule has 2 aromatic carbocycles. The Morgan fingerprint density at radius 3 is 2.70 bits per heavy atom. The van der Waals surface area contributed by atoms with Gasteiger partial charge in [-0.25, -0.2) is 4.79 Å². The average Bonchev–Trinajstić information content (AvgIpc) is 2.85. The van der Waals surface area contributed by atoms with Crippen LogP contribution in [-0.4, -0.2) is 11.1 Å². The molecule has 0 heterocycles. The number of aryl methyl sites for hydroxylation is 2. The molecule has 0 radical (unpaired) electrons. The van der Waals surface area contributed by atoms with Crippen molar-refractivity contribution in [2.24, 2.45) is 0 Å². The van der Waals surface area contributed by atoms with E-state index in [0.717, 1.165) is 18.5 Å². The van der Waals surface area contributed by atoms with Gasteiger partial charge in [0, 0.05) is 11.4 Å². The number of rotatable bonds is 3. The average molecular weight is 268 g/mol. The van der Waals surface area contributed by atoms with Gasteiger partial charge in [0.25, 0.3) is 0 Å². The molecule has 0 atom stereocenters. The lowest BCUT2D eigenvalue weighted by molar-refractivity contribution is 0.0698. The molecule has 0 fully saturated rings. The van der Waals surface area contributed by atoms with Crippen molar-refractivity contribution < 1.29 is 9.90 Å². The number of carboxylic acid groups (broad SMARTS) is 1. The van der Waals surface area contributed by atoms with Gasteiger partial charge in [-0.1, -0.05) is 6.07 Å². The number of carbonyl (C=O) groups is 1. The molecule has 0 aromatic heterocycles. The van der Waals surface area contributed by atoms with Crippen molar-refractivity contribution in [2.45, 2.75) is 19.3 Å². The number of nitrogen functional groups attached to an aromatic ring is 1. The van der Waals surface area contributed by atoms with Gasteiger partial charge in [-0.05, 0) is 60.7 Å². The van der Waals surface area contributed by atoms with Gasteiger partial charge in [0.05, 0.1) is 11.3 Å². The molecule has 0 bridgehead atoms. The molecular weight excluding hydrogens is 252 g/mol. The molecule has 4 N–H and O–H groups in total. The SMILES string of the molecule is Nc1ccc(C(=O)O)c(Nc2ccc3c(c2)CCC3)c1. The summed E-state index contributed by atoms with van der Waals surface area (Å²) in [6, 6.07) is 11.0. The van der Waals surface area contributed by atoms with E-state index in [2.05, 4.69) is 17.4 Å². The maximum absolute atomic E-state index is 11.2. The highest BCUT2D eigenvalue weighted by atomic mass is 16.4. The van der Waals surface area contributed by atoms with Crippen LogP contribution < -0.4 is 11.1 Å². The van der Waals surface area contributed by atoms with Crippen LogP contribution in [0, 0.1) is 0 Å². The number of fused-ring (bicyclic) bond motifs is 1. The normalized spacial score (nSPS) is 13.0. The summed E-state index contributed by atoms with van der Waals surface area (Å²) in [6.07, 6.45) is 3.42. The van der Waals surface area contributed by atoms with E-state index in [1.165, 1.54) is 23.6 Å². The molecule has 4 nitrogen and oxygen atoms in total. The van der Waals surface area contributed by atoms with E-state index in [4.69, 9.17) is 5.73 Å². The zero-order valence-electron chi connectivity index (χ0n) is 11.0. The second-order valence-corrected chi connectivity index (χ2v) is 5.07. The van der Waals surface area contributed by atoms with E-state index < -0.39 is 5.97 Å². The van der Waals surface area contributed by atoms with E-state index in [-0.39, 0.29) is 5.56 Å². The molecule has 3 rings (SSSR count). The Hall–Kier alpha value is -2.49. The first-order valence-electron chi connectivity index (χ1n) is 6.65. The van der Waals surface area contributed by atoms with Crippen molar-refractivity contribution in [3.63, 3.8) is 0 Å². The highest BCUT2D eigenvalue weighted by Crippen LogP contribution is 2.28. The number of aromatic carboxylic acids is 1. The molecule has 20 heavy (non-hydrogen) atoms. The Morgan fingerprint density at radius 2 is 1.90 bits per heavy atom. The topological polar surface area (TPSA) is 75.4 Å². The number of nitrogens with one attached hydrogen (secondary N) is 1. The highest BCUT2D eigenvalue weighted by molar-refractivity contribution is 5.96. The van der Waals surface area contributed by atoms with E-state index >= 15 is 0 Å². The molecule has 0 aliphatic heterocycles.